The van der Waals surface area contributed by atoms with Gasteiger partial charge in [-0.15, -0.1) is 11.8 Å². The van der Waals surface area contributed by atoms with Gasteiger partial charge in [-0.1, -0.05) is 6.07 Å². The monoisotopic (exact) mass is 344 g/mol. The minimum absolute atomic E-state index is 0.169. The van der Waals surface area contributed by atoms with Gasteiger partial charge >= 0.3 is 0 Å². The molecule has 2 aromatic rings. The molecule has 3 rings (SSSR count). The Morgan fingerprint density at radius 1 is 1.38 bits per heavy atom. The Balaban J connectivity index is 1.74. The second-order valence-corrected chi connectivity index (χ2v) is 6.57. The number of thioether (sulfide) groups is 1. The van der Waals surface area contributed by atoms with Crippen LogP contribution in [0.5, 0.6) is 0 Å². The van der Waals surface area contributed by atoms with Gasteiger partial charge in [0.25, 0.3) is 5.91 Å². The van der Waals surface area contributed by atoms with Crippen molar-refractivity contribution < 1.29 is 9.90 Å². The van der Waals surface area contributed by atoms with Crippen LogP contribution in [-0.2, 0) is 0 Å². The fraction of sp³-hybridized carbons (Fsp3) is 0.353. The van der Waals surface area contributed by atoms with Gasteiger partial charge in [0.2, 0.25) is 0 Å². The summed E-state index contributed by atoms with van der Waals surface area (Å²) in [5, 5.41) is 12.9. The molecule has 6 nitrogen and oxygen atoms in total. The first-order chi connectivity index (χ1) is 11.7. The van der Waals surface area contributed by atoms with Crippen molar-refractivity contribution in [1.82, 2.24) is 14.9 Å². The minimum Gasteiger partial charge on any atom is -0.391 e. The lowest BCUT2D eigenvalue weighted by Gasteiger charge is -2.29. The largest absolute Gasteiger partial charge is 0.391 e. The zero-order valence-corrected chi connectivity index (χ0v) is 14.3. The zero-order chi connectivity index (χ0) is 16.9. The number of anilines is 2. The van der Waals surface area contributed by atoms with E-state index >= 15 is 0 Å². The third-order valence-electron chi connectivity index (χ3n) is 3.91. The number of nitrogens with one attached hydrogen (secondary N) is 1. The van der Waals surface area contributed by atoms with Crippen molar-refractivity contribution in [2.75, 3.05) is 24.7 Å². The third-order valence-corrected chi connectivity index (χ3v) is 4.64. The van der Waals surface area contributed by atoms with Crippen LogP contribution in [0.4, 0.5) is 11.5 Å². The number of nitrogens with zero attached hydrogens (tertiary/aromatic N) is 3. The van der Waals surface area contributed by atoms with Crippen LogP contribution in [0.15, 0.2) is 41.6 Å². The number of aromatic nitrogens is 2. The van der Waals surface area contributed by atoms with Gasteiger partial charge in [0.15, 0.2) is 0 Å². The molecule has 0 unspecified atom stereocenters. The molecule has 1 fully saturated rings. The van der Waals surface area contributed by atoms with E-state index in [1.807, 2.05) is 30.5 Å². The van der Waals surface area contributed by atoms with Crippen molar-refractivity contribution in [2.45, 2.75) is 23.8 Å². The standard InChI is InChI=1S/C17H20N4O2S/c1-24-14-6-2-4-12(8-14)20-16-9-15(18-11-19-16)17(23)21-7-3-5-13(22)10-21/h2,4,6,8-9,11,13,22H,3,5,7,10H2,1H3,(H,18,19,20)/t13-/m1/s1. The molecule has 1 amide bonds. The molecule has 0 bridgehead atoms. The van der Waals surface area contributed by atoms with E-state index in [1.54, 1.807) is 22.7 Å². The van der Waals surface area contributed by atoms with E-state index in [4.69, 9.17) is 0 Å². The van der Waals surface area contributed by atoms with Crippen LogP contribution in [0, 0.1) is 0 Å². The second kappa shape index (κ2) is 7.63. The van der Waals surface area contributed by atoms with E-state index < -0.39 is 6.10 Å². The summed E-state index contributed by atoms with van der Waals surface area (Å²) >= 11 is 1.66. The summed E-state index contributed by atoms with van der Waals surface area (Å²) < 4.78 is 0. The van der Waals surface area contributed by atoms with E-state index in [2.05, 4.69) is 15.3 Å². The molecule has 0 aliphatic carbocycles. The Labute approximate surface area is 145 Å². The van der Waals surface area contributed by atoms with Crippen LogP contribution in [0.3, 0.4) is 0 Å². The van der Waals surface area contributed by atoms with Crippen LogP contribution >= 0.6 is 11.8 Å². The van der Waals surface area contributed by atoms with E-state index in [-0.39, 0.29) is 5.91 Å². The number of rotatable bonds is 4. The molecule has 1 aliphatic heterocycles. The molecule has 0 spiro atoms. The highest BCUT2D eigenvalue weighted by molar-refractivity contribution is 7.98. The number of aliphatic hydroxyl groups is 1. The van der Waals surface area contributed by atoms with Crippen LogP contribution in [-0.4, -0.2) is 51.3 Å². The molecule has 0 saturated carbocycles. The number of β-amino-alcohol motifs (C(OH)–C–C–N with tert-alkyl or cyclic N) is 1. The lowest BCUT2D eigenvalue weighted by Crippen LogP contribution is -2.42. The summed E-state index contributed by atoms with van der Waals surface area (Å²) in [7, 11) is 0. The normalized spacial score (nSPS) is 17.6. The number of likely N-dealkylation sites (tertiary alicyclic amines) is 1. The lowest BCUT2D eigenvalue weighted by atomic mass is 10.1. The van der Waals surface area contributed by atoms with Crippen molar-refractivity contribution in [3.8, 4) is 0 Å². The number of carbonyl (C=O) groups excluding carboxylic acids is 1. The first-order valence-electron chi connectivity index (χ1n) is 7.86. The number of benzene rings is 1. The van der Waals surface area contributed by atoms with Crippen molar-refractivity contribution in [3.63, 3.8) is 0 Å². The van der Waals surface area contributed by atoms with Gasteiger partial charge in [0.05, 0.1) is 6.10 Å². The molecule has 1 aromatic carbocycles. The summed E-state index contributed by atoms with van der Waals surface area (Å²) in [4.78, 5) is 23.6. The molecule has 1 aliphatic rings. The Morgan fingerprint density at radius 2 is 2.25 bits per heavy atom. The van der Waals surface area contributed by atoms with E-state index in [1.165, 1.54) is 6.33 Å². The van der Waals surface area contributed by atoms with Crippen molar-refractivity contribution in [2.24, 2.45) is 0 Å². The third kappa shape index (κ3) is 4.04. The summed E-state index contributed by atoms with van der Waals surface area (Å²) in [5.41, 5.74) is 1.25. The molecular weight excluding hydrogens is 324 g/mol. The summed E-state index contributed by atoms with van der Waals surface area (Å²) in [6.45, 7) is 1.01. The maximum Gasteiger partial charge on any atom is 0.272 e. The van der Waals surface area contributed by atoms with Crippen LogP contribution in [0.2, 0.25) is 0 Å². The fourth-order valence-corrected chi connectivity index (χ4v) is 3.15. The highest BCUT2D eigenvalue weighted by atomic mass is 32.2. The zero-order valence-electron chi connectivity index (χ0n) is 13.5. The van der Waals surface area contributed by atoms with Gasteiger partial charge < -0.3 is 15.3 Å². The van der Waals surface area contributed by atoms with Gasteiger partial charge in [0, 0.05) is 29.7 Å². The number of piperidine rings is 1. The molecule has 0 radical (unpaired) electrons. The Hall–Kier alpha value is -2.12. The van der Waals surface area contributed by atoms with Gasteiger partial charge in [-0.3, -0.25) is 4.79 Å². The second-order valence-electron chi connectivity index (χ2n) is 5.69. The Morgan fingerprint density at radius 3 is 3.04 bits per heavy atom. The van der Waals surface area contributed by atoms with Gasteiger partial charge in [-0.2, -0.15) is 0 Å². The van der Waals surface area contributed by atoms with Crippen molar-refractivity contribution >= 4 is 29.2 Å². The summed E-state index contributed by atoms with van der Waals surface area (Å²) in [6.07, 6.45) is 4.51. The first-order valence-corrected chi connectivity index (χ1v) is 9.08. The quantitative estimate of drug-likeness (QED) is 0.830. The first kappa shape index (κ1) is 16.7. The number of hydrogen-bond donors (Lipinski definition) is 2. The molecule has 7 heteroatoms. The highest BCUT2D eigenvalue weighted by Crippen LogP contribution is 2.22. The fourth-order valence-electron chi connectivity index (χ4n) is 2.69. The molecule has 1 saturated heterocycles. The van der Waals surface area contributed by atoms with Crippen LogP contribution in [0.25, 0.3) is 0 Å². The van der Waals surface area contributed by atoms with Gasteiger partial charge in [-0.05, 0) is 37.3 Å². The molecule has 2 N–H and O–H groups in total. The molecule has 2 heterocycles. The Bertz CT molecular complexity index is 725. The average molecular weight is 344 g/mol. The van der Waals surface area contributed by atoms with Crippen LogP contribution in [0.1, 0.15) is 23.3 Å². The van der Waals surface area contributed by atoms with E-state index in [9.17, 15) is 9.90 Å². The van der Waals surface area contributed by atoms with Crippen LogP contribution < -0.4 is 5.32 Å². The number of amides is 1. The number of carbonyl (C=O) groups is 1. The predicted octanol–water partition coefficient (Wildman–Crippen LogP) is 2.54. The number of aliphatic hydroxyl groups excluding tert-OH is 1. The molecule has 1 atom stereocenters. The summed E-state index contributed by atoms with van der Waals surface area (Å²) in [6, 6.07) is 9.62. The predicted molar refractivity (Wildman–Crippen MR) is 94.7 cm³/mol. The van der Waals surface area contributed by atoms with Crippen molar-refractivity contribution in [3.05, 3.63) is 42.4 Å². The van der Waals surface area contributed by atoms with Crippen molar-refractivity contribution in [1.29, 1.82) is 0 Å². The van der Waals surface area contributed by atoms with E-state index in [0.717, 1.165) is 23.4 Å². The van der Waals surface area contributed by atoms with E-state index in [0.29, 0.717) is 24.6 Å². The average Bonchev–Trinajstić information content (AvgIpc) is 2.61. The Kier molecular flexibility index (Phi) is 5.32. The van der Waals surface area contributed by atoms with Gasteiger partial charge in [-0.25, -0.2) is 9.97 Å². The highest BCUT2D eigenvalue weighted by Gasteiger charge is 2.24. The molecule has 126 valence electrons. The SMILES string of the molecule is CSc1cccc(Nc2cc(C(=O)N3CCC[C@@H](O)C3)ncn2)c1. The summed E-state index contributed by atoms with van der Waals surface area (Å²) in [5.74, 6) is 0.404. The number of hydrogen-bond acceptors (Lipinski definition) is 6. The molecular formula is C17H20N4O2S. The maximum absolute atomic E-state index is 12.5. The maximum atomic E-state index is 12.5. The van der Waals surface area contributed by atoms with Gasteiger partial charge in [0.1, 0.15) is 17.8 Å². The minimum atomic E-state index is -0.448. The smallest absolute Gasteiger partial charge is 0.272 e. The molecule has 24 heavy (non-hydrogen) atoms. The lowest BCUT2D eigenvalue weighted by molar-refractivity contribution is 0.0469. The molecule has 1 aromatic heterocycles. The topological polar surface area (TPSA) is 78.4 Å².